The van der Waals surface area contributed by atoms with Gasteiger partial charge in [0.25, 0.3) is 0 Å². The molecule has 1 aromatic rings. The zero-order valence-corrected chi connectivity index (χ0v) is 13.5. The van der Waals surface area contributed by atoms with Gasteiger partial charge in [-0.1, -0.05) is 12.1 Å². The Labute approximate surface area is 139 Å². The van der Waals surface area contributed by atoms with Crippen LogP contribution in [0.25, 0.3) is 0 Å². The van der Waals surface area contributed by atoms with Crippen LogP contribution in [-0.4, -0.2) is 76.1 Å². The van der Waals surface area contributed by atoms with Crippen LogP contribution in [0.4, 0.5) is 0 Å². The third-order valence-corrected chi connectivity index (χ3v) is 4.10. The molecule has 0 radical (unpaired) electrons. The van der Waals surface area contributed by atoms with E-state index in [0.717, 1.165) is 0 Å². The highest BCUT2D eigenvalue weighted by molar-refractivity contribution is 5.28. The number of rotatable bonds is 6. The predicted octanol–water partition coefficient (Wildman–Crippen LogP) is -1.07. The van der Waals surface area contributed by atoms with Crippen molar-refractivity contribution in [3.63, 3.8) is 0 Å². The van der Waals surface area contributed by atoms with Crippen molar-refractivity contribution in [2.24, 2.45) is 0 Å². The van der Waals surface area contributed by atoms with E-state index in [1.165, 1.54) is 7.11 Å². The summed E-state index contributed by atoms with van der Waals surface area (Å²) in [5.41, 5.74) is 0.577. The highest BCUT2D eigenvalue weighted by atomic mass is 16.7. The van der Waals surface area contributed by atoms with E-state index < -0.39 is 49.5 Å². The summed E-state index contributed by atoms with van der Waals surface area (Å²) < 4.78 is 15.8. The fraction of sp³-hybridized carbons (Fsp3) is 0.625. The summed E-state index contributed by atoms with van der Waals surface area (Å²) >= 11 is 0. The van der Waals surface area contributed by atoms with Crippen LogP contribution in [0.15, 0.2) is 24.3 Å². The number of methoxy groups -OCH3 is 1. The van der Waals surface area contributed by atoms with Crippen molar-refractivity contribution in [1.29, 1.82) is 0 Å². The second kappa shape index (κ2) is 8.21. The van der Waals surface area contributed by atoms with Crippen molar-refractivity contribution in [3.8, 4) is 5.75 Å². The monoisotopic (exact) mass is 344 g/mol. The first-order valence-corrected chi connectivity index (χ1v) is 7.67. The summed E-state index contributed by atoms with van der Waals surface area (Å²) in [6.07, 6.45) is -8.61. The van der Waals surface area contributed by atoms with Crippen molar-refractivity contribution >= 4 is 0 Å². The normalized spacial score (nSPS) is 33.0. The Bertz CT molecular complexity index is 505. The molecule has 0 unspecified atom stereocenters. The summed E-state index contributed by atoms with van der Waals surface area (Å²) in [5.74, 6) is 0.647. The van der Waals surface area contributed by atoms with E-state index in [-0.39, 0.29) is 0 Å². The molecule has 0 spiro atoms. The minimum Gasteiger partial charge on any atom is -0.497 e. The zero-order chi connectivity index (χ0) is 17.9. The van der Waals surface area contributed by atoms with Crippen LogP contribution in [0.1, 0.15) is 18.6 Å². The van der Waals surface area contributed by atoms with Gasteiger partial charge in [0, 0.05) is 0 Å². The molecule has 2 rings (SSSR count). The highest BCUT2D eigenvalue weighted by Gasteiger charge is 2.44. The van der Waals surface area contributed by atoms with E-state index >= 15 is 0 Å². The maximum absolute atomic E-state index is 10.3. The highest BCUT2D eigenvalue weighted by Crippen LogP contribution is 2.27. The first-order valence-electron chi connectivity index (χ1n) is 7.67. The van der Waals surface area contributed by atoms with E-state index in [4.69, 9.17) is 19.3 Å². The Kier molecular flexibility index (Phi) is 6.53. The molecular weight excluding hydrogens is 320 g/mol. The lowest BCUT2D eigenvalue weighted by Crippen LogP contribution is -2.59. The molecule has 1 fully saturated rings. The zero-order valence-electron chi connectivity index (χ0n) is 13.5. The van der Waals surface area contributed by atoms with Crippen LogP contribution in [-0.2, 0) is 9.47 Å². The molecule has 0 bridgehead atoms. The molecule has 1 saturated heterocycles. The van der Waals surface area contributed by atoms with Crippen LogP contribution in [0.5, 0.6) is 5.75 Å². The van der Waals surface area contributed by atoms with Gasteiger partial charge in [-0.25, -0.2) is 0 Å². The third kappa shape index (κ3) is 4.04. The molecule has 0 saturated carbocycles. The van der Waals surface area contributed by atoms with Crippen LogP contribution < -0.4 is 4.74 Å². The molecule has 136 valence electrons. The van der Waals surface area contributed by atoms with E-state index in [0.29, 0.717) is 11.3 Å². The number of benzene rings is 1. The molecule has 24 heavy (non-hydrogen) atoms. The maximum atomic E-state index is 10.3. The number of ether oxygens (including phenoxy) is 3. The molecule has 5 N–H and O–H groups in total. The van der Waals surface area contributed by atoms with E-state index in [9.17, 15) is 20.4 Å². The van der Waals surface area contributed by atoms with Gasteiger partial charge in [-0.05, 0) is 24.6 Å². The molecule has 1 aliphatic heterocycles. The van der Waals surface area contributed by atoms with Gasteiger partial charge in [0.05, 0.1) is 19.8 Å². The molecule has 8 nitrogen and oxygen atoms in total. The molecule has 7 atom stereocenters. The topological polar surface area (TPSA) is 129 Å². The Morgan fingerprint density at radius 3 is 2.25 bits per heavy atom. The second-order valence-electron chi connectivity index (χ2n) is 5.76. The summed E-state index contributed by atoms with van der Waals surface area (Å²) in [7, 11) is 1.54. The molecular formula is C16H24O8. The van der Waals surface area contributed by atoms with E-state index in [2.05, 4.69) is 0 Å². The van der Waals surface area contributed by atoms with Crippen LogP contribution in [0.2, 0.25) is 0 Å². The number of hydrogen-bond acceptors (Lipinski definition) is 8. The van der Waals surface area contributed by atoms with Gasteiger partial charge in [-0.3, -0.25) is 0 Å². The smallest absolute Gasteiger partial charge is 0.187 e. The lowest BCUT2D eigenvalue weighted by molar-refractivity contribution is -0.315. The minimum absolute atomic E-state index is 0.541. The Morgan fingerprint density at radius 2 is 1.71 bits per heavy atom. The summed E-state index contributed by atoms with van der Waals surface area (Å²) in [6.45, 7) is 1.04. The van der Waals surface area contributed by atoms with Crippen LogP contribution in [0.3, 0.4) is 0 Å². The van der Waals surface area contributed by atoms with Crippen LogP contribution >= 0.6 is 0 Å². The average molecular weight is 344 g/mol. The van der Waals surface area contributed by atoms with Gasteiger partial charge >= 0.3 is 0 Å². The lowest BCUT2D eigenvalue weighted by Gasteiger charge is -2.41. The van der Waals surface area contributed by atoms with Crippen LogP contribution in [0, 0.1) is 0 Å². The first kappa shape index (κ1) is 19.1. The average Bonchev–Trinajstić information content (AvgIpc) is 2.61. The lowest BCUT2D eigenvalue weighted by atomic mass is 9.99. The Hall–Kier alpha value is -1.26. The summed E-state index contributed by atoms with van der Waals surface area (Å²) in [5, 5.41) is 48.9. The number of aliphatic hydroxyl groups excluding tert-OH is 5. The summed E-state index contributed by atoms with van der Waals surface area (Å²) in [6, 6.07) is 6.74. The standard InChI is InChI=1S/C16H24O8/c1-8(12(18)9-3-5-10(22-2)6-4-9)23-16-15(21)14(20)13(19)11(7-17)24-16/h3-6,8,11-21H,7H2,1-2H3/t8-,11+,12+,13+,14-,15+,16+/m0/s1. The second-order valence-corrected chi connectivity index (χ2v) is 5.76. The summed E-state index contributed by atoms with van der Waals surface area (Å²) in [4.78, 5) is 0. The quantitative estimate of drug-likeness (QED) is 0.441. The van der Waals surface area contributed by atoms with E-state index in [1.807, 2.05) is 0 Å². The molecule has 0 amide bonds. The van der Waals surface area contributed by atoms with Crippen molar-refractivity contribution in [2.45, 2.75) is 49.8 Å². The molecule has 1 heterocycles. The Morgan fingerprint density at radius 1 is 1.08 bits per heavy atom. The molecule has 0 aliphatic carbocycles. The van der Waals surface area contributed by atoms with Crippen molar-refractivity contribution < 1.29 is 39.7 Å². The van der Waals surface area contributed by atoms with Gasteiger partial charge in [0.1, 0.15) is 36.3 Å². The van der Waals surface area contributed by atoms with Gasteiger partial charge in [0.2, 0.25) is 0 Å². The fourth-order valence-corrected chi connectivity index (χ4v) is 2.54. The first-order chi connectivity index (χ1) is 11.4. The predicted molar refractivity (Wildman–Crippen MR) is 82.3 cm³/mol. The molecule has 1 aromatic carbocycles. The molecule has 1 aliphatic rings. The van der Waals surface area contributed by atoms with E-state index in [1.54, 1.807) is 31.2 Å². The number of hydrogen-bond donors (Lipinski definition) is 5. The Balaban J connectivity index is 2.02. The van der Waals surface area contributed by atoms with Gasteiger partial charge in [0.15, 0.2) is 6.29 Å². The van der Waals surface area contributed by atoms with Gasteiger partial charge in [-0.2, -0.15) is 0 Å². The third-order valence-electron chi connectivity index (χ3n) is 4.10. The largest absolute Gasteiger partial charge is 0.497 e. The van der Waals surface area contributed by atoms with Crippen molar-refractivity contribution in [1.82, 2.24) is 0 Å². The SMILES string of the molecule is COc1ccc([C@H](O)[C@H](C)O[C@@H]2O[C@H](CO)[C@@H](O)[C@H](O)[C@H]2O)cc1. The number of aliphatic hydroxyl groups is 5. The molecule has 0 aromatic heterocycles. The van der Waals surface area contributed by atoms with Crippen molar-refractivity contribution in [2.75, 3.05) is 13.7 Å². The van der Waals surface area contributed by atoms with Gasteiger partial charge in [-0.15, -0.1) is 0 Å². The maximum Gasteiger partial charge on any atom is 0.187 e. The van der Waals surface area contributed by atoms with Gasteiger partial charge < -0.3 is 39.7 Å². The molecule has 8 heteroatoms. The van der Waals surface area contributed by atoms with Crippen molar-refractivity contribution in [3.05, 3.63) is 29.8 Å². The fourth-order valence-electron chi connectivity index (χ4n) is 2.54. The minimum atomic E-state index is -1.52.